The Bertz CT molecular complexity index is 338. The molecule has 0 aromatic rings. The number of hydrogen-bond donors (Lipinski definition) is 1. The highest BCUT2D eigenvalue weighted by molar-refractivity contribution is 5.66. The van der Waals surface area contributed by atoms with Crippen LogP contribution >= 0.6 is 0 Å². The number of hydrogen-bond acceptors (Lipinski definition) is 1. The number of carboxylic acids is 1. The van der Waals surface area contributed by atoms with Crippen LogP contribution in [0.25, 0.3) is 0 Å². The first kappa shape index (κ1) is 24.0. The van der Waals surface area contributed by atoms with Gasteiger partial charge in [-0.25, -0.2) is 0 Å². The second-order valence-electron chi connectivity index (χ2n) is 7.33. The molecule has 0 bridgehead atoms. The fourth-order valence-corrected chi connectivity index (χ4v) is 3.27. The highest BCUT2D eigenvalue weighted by Gasteiger charge is 1.97. The maximum atomic E-state index is 10.4. The van der Waals surface area contributed by atoms with Gasteiger partial charge in [0.1, 0.15) is 0 Å². The summed E-state index contributed by atoms with van der Waals surface area (Å²) in [5.41, 5.74) is 0. The molecule has 0 amide bonds. The molecule has 1 N–H and O–H groups in total. The average Bonchev–Trinajstić information content (AvgIpc) is 2.60. The van der Waals surface area contributed by atoms with Crippen LogP contribution < -0.4 is 0 Å². The van der Waals surface area contributed by atoms with E-state index < -0.39 is 5.97 Å². The van der Waals surface area contributed by atoms with Crippen LogP contribution in [0.5, 0.6) is 0 Å². The van der Waals surface area contributed by atoms with Crippen molar-refractivity contribution >= 4 is 5.97 Å². The van der Waals surface area contributed by atoms with Gasteiger partial charge in [-0.2, -0.15) is 0 Å². The molecule has 2 nitrogen and oxygen atoms in total. The van der Waals surface area contributed by atoms with Crippen LogP contribution in [-0.2, 0) is 4.79 Å². The third kappa shape index (κ3) is 23.0. The standard InChI is InChI=1S/C23H42O2/c1-2-3-4-5-6-7-8-9-10-11-12-13-14-15-16-17-18-19-20-21-22-23(24)25/h4-22H2,1H3,(H,24,25). The monoisotopic (exact) mass is 350 g/mol. The van der Waals surface area contributed by atoms with E-state index in [-0.39, 0.29) is 0 Å². The molecule has 0 saturated heterocycles. The average molecular weight is 351 g/mol. The molecule has 146 valence electrons. The van der Waals surface area contributed by atoms with Gasteiger partial charge in [0.05, 0.1) is 0 Å². The van der Waals surface area contributed by atoms with Crippen LogP contribution in [0.2, 0.25) is 0 Å². The van der Waals surface area contributed by atoms with E-state index in [9.17, 15) is 4.79 Å². The molecular weight excluding hydrogens is 308 g/mol. The molecule has 0 spiro atoms. The predicted octanol–water partition coefficient (Wildman–Crippen LogP) is 7.51. The maximum absolute atomic E-state index is 10.4. The Balaban J connectivity index is 3.00. The second kappa shape index (κ2) is 21.1. The van der Waals surface area contributed by atoms with Gasteiger partial charge in [0, 0.05) is 12.8 Å². The topological polar surface area (TPSA) is 37.3 Å². The Morgan fingerprint density at radius 2 is 0.920 bits per heavy atom. The summed E-state index contributed by atoms with van der Waals surface area (Å²) in [6.07, 6.45) is 23.9. The molecule has 0 saturated carbocycles. The van der Waals surface area contributed by atoms with Crippen molar-refractivity contribution in [1.29, 1.82) is 0 Å². The lowest BCUT2D eigenvalue weighted by Crippen LogP contribution is -1.93. The van der Waals surface area contributed by atoms with Crippen LogP contribution in [0.15, 0.2) is 0 Å². The van der Waals surface area contributed by atoms with E-state index >= 15 is 0 Å². The molecule has 0 heterocycles. The fourth-order valence-electron chi connectivity index (χ4n) is 3.27. The SMILES string of the molecule is CC#CCCCCCCCCCCCCCCCCCCCC(=O)O. The van der Waals surface area contributed by atoms with Crippen molar-refractivity contribution in [3.05, 3.63) is 0 Å². The summed E-state index contributed by atoms with van der Waals surface area (Å²) < 4.78 is 0. The zero-order valence-corrected chi connectivity index (χ0v) is 16.8. The van der Waals surface area contributed by atoms with Gasteiger partial charge in [-0.1, -0.05) is 96.3 Å². The van der Waals surface area contributed by atoms with E-state index in [0.29, 0.717) is 6.42 Å². The fraction of sp³-hybridized carbons (Fsp3) is 0.870. The van der Waals surface area contributed by atoms with Crippen molar-refractivity contribution < 1.29 is 9.90 Å². The molecule has 0 aliphatic carbocycles. The zero-order valence-electron chi connectivity index (χ0n) is 16.8. The van der Waals surface area contributed by atoms with E-state index in [4.69, 9.17) is 5.11 Å². The Kier molecular flexibility index (Phi) is 20.3. The second-order valence-corrected chi connectivity index (χ2v) is 7.33. The molecule has 2 heteroatoms. The van der Waals surface area contributed by atoms with Crippen molar-refractivity contribution in [2.75, 3.05) is 0 Å². The Hall–Kier alpha value is -0.970. The van der Waals surface area contributed by atoms with Crippen molar-refractivity contribution in [1.82, 2.24) is 0 Å². The van der Waals surface area contributed by atoms with E-state index in [2.05, 4.69) is 11.8 Å². The molecule has 0 rings (SSSR count). The van der Waals surface area contributed by atoms with Crippen LogP contribution in [0.3, 0.4) is 0 Å². The molecule has 0 aromatic carbocycles. The first-order valence-corrected chi connectivity index (χ1v) is 10.9. The number of rotatable bonds is 19. The van der Waals surface area contributed by atoms with Crippen LogP contribution in [0.1, 0.15) is 129 Å². The molecule has 0 aromatic heterocycles. The smallest absolute Gasteiger partial charge is 0.303 e. The van der Waals surface area contributed by atoms with Gasteiger partial charge in [-0.3, -0.25) is 4.79 Å². The quantitative estimate of drug-likeness (QED) is 0.193. The van der Waals surface area contributed by atoms with Gasteiger partial charge >= 0.3 is 5.97 Å². The summed E-state index contributed by atoms with van der Waals surface area (Å²) >= 11 is 0. The van der Waals surface area contributed by atoms with Crippen LogP contribution in [-0.4, -0.2) is 11.1 Å². The van der Waals surface area contributed by atoms with E-state index in [1.54, 1.807) is 0 Å². The first-order chi connectivity index (χ1) is 12.3. The minimum absolute atomic E-state index is 0.341. The summed E-state index contributed by atoms with van der Waals surface area (Å²) in [6.45, 7) is 1.92. The lowest BCUT2D eigenvalue weighted by atomic mass is 10.0. The van der Waals surface area contributed by atoms with Crippen molar-refractivity contribution in [3.63, 3.8) is 0 Å². The third-order valence-electron chi connectivity index (χ3n) is 4.87. The molecule has 25 heavy (non-hydrogen) atoms. The zero-order chi connectivity index (χ0) is 18.4. The molecular formula is C23H42O2. The molecule has 0 atom stereocenters. The summed E-state index contributed by atoms with van der Waals surface area (Å²) in [5, 5.41) is 8.56. The van der Waals surface area contributed by atoms with Crippen LogP contribution in [0, 0.1) is 11.8 Å². The molecule has 0 unspecified atom stereocenters. The first-order valence-electron chi connectivity index (χ1n) is 10.9. The van der Waals surface area contributed by atoms with Gasteiger partial charge in [-0.15, -0.1) is 11.8 Å². The Morgan fingerprint density at radius 1 is 0.600 bits per heavy atom. The highest BCUT2D eigenvalue weighted by Crippen LogP contribution is 2.14. The number of carboxylic acid groups (broad SMARTS) is 1. The largest absolute Gasteiger partial charge is 0.481 e. The molecule has 0 aliphatic heterocycles. The molecule has 0 aliphatic rings. The number of unbranched alkanes of at least 4 members (excludes halogenated alkanes) is 17. The van der Waals surface area contributed by atoms with Crippen molar-refractivity contribution in [3.8, 4) is 11.8 Å². The molecule has 0 fully saturated rings. The van der Waals surface area contributed by atoms with E-state index in [1.165, 1.54) is 96.3 Å². The summed E-state index contributed by atoms with van der Waals surface area (Å²) in [7, 11) is 0. The van der Waals surface area contributed by atoms with Gasteiger partial charge < -0.3 is 5.11 Å². The normalized spacial score (nSPS) is 10.4. The predicted molar refractivity (Wildman–Crippen MR) is 109 cm³/mol. The lowest BCUT2D eigenvalue weighted by Gasteiger charge is -2.03. The highest BCUT2D eigenvalue weighted by atomic mass is 16.4. The van der Waals surface area contributed by atoms with Crippen LogP contribution in [0.4, 0.5) is 0 Å². The van der Waals surface area contributed by atoms with Crippen molar-refractivity contribution in [2.45, 2.75) is 129 Å². The lowest BCUT2D eigenvalue weighted by molar-refractivity contribution is -0.137. The number of carbonyl (C=O) groups is 1. The Morgan fingerprint density at radius 3 is 1.24 bits per heavy atom. The minimum atomic E-state index is -0.655. The van der Waals surface area contributed by atoms with E-state index in [0.717, 1.165) is 19.3 Å². The van der Waals surface area contributed by atoms with E-state index in [1.807, 2.05) is 6.92 Å². The summed E-state index contributed by atoms with van der Waals surface area (Å²) in [4.78, 5) is 10.4. The van der Waals surface area contributed by atoms with Gasteiger partial charge in [-0.05, 0) is 19.8 Å². The van der Waals surface area contributed by atoms with Gasteiger partial charge in [0.25, 0.3) is 0 Å². The summed E-state index contributed by atoms with van der Waals surface area (Å²) in [6, 6.07) is 0. The third-order valence-corrected chi connectivity index (χ3v) is 4.87. The van der Waals surface area contributed by atoms with Gasteiger partial charge in [0.15, 0.2) is 0 Å². The van der Waals surface area contributed by atoms with Gasteiger partial charge in [0.2, 0.25) is 0 Å². The maximum Gasteiger partial charge on any atom is 0.303 e. The minimum Gasteiger partial charge on any atom is -0.481 e. The Labute approximate surface area is 157 Å². The number of aliphatic carboxylic acids is 1. The van der Waals surface area contributed by atoms with Crippen molar-refractivity contribution in [2.24, 2.45) is 0 Å². The summed E-state index contributed by atoms with van der Waals surface area (Å²) in [5.74, 6) is 5.44. The molecule has 0 radical (unpaired) electrons.